The zero-order chi connectivity index (χ0) is 40.1. The van der Waals surface area contributed by atoms with E-state index in [1.165, 1.54) is 18.2 Å². The molecule has 0 heterocycles. The maximum Gasteiger partial charge on any atom is 0.255 e. The molecule has 20 heteroatoms. The van der Waals surface area contributed by atoms with Crippen LogP contribution in [0.4, 0.5) is 11.4 Å². The number of hydrogen-bond acceptors (Lipinski definition) is 10. The van der Waals surface area contributed by atoms with Gasteiger partial charge in [-0.3, -0.25) is 31.2 Å². The molecule has 54 heavy (non-hydrogen) atoms. The van der Waals surface area contributed by atoms with Crippen molar-refractivity contribution in [1.29, 1.82) is 21.6 Å². The fraction of sp³-hybridized carbons (Fsp3) is 0.118. The minimum absolute atomic E-state index is 0.0702. The Balaban J connectivity index is 2.03. The average Bonchev–Trinajstić information content (AvgIpc) is 3.13. The van der Waals surface area contributed by atoms with Gasteiger partial charge in [-0.2, -0.15) is 20.4 Å². The number of carbonyl (C=O) groups is 2. The topological polar surface area (TPSA) is 355 Å². The van der Waals surface area contributed by atoms with Crippen LogP contribution in [0.5, 0.6) is 0 Å². The number of amides is 2. The molecular weight excluding hydrogens is 692 g/mol. The third kappa shape index (κ3) is 12.1. The molecule has 3 aromatic carbocycles. The minimum Gasteiger partial charge on any atom is -0.369 e. The van der Waals surface area contributed by atoms with Crippen LogP contribution in [0.15, 0.2) is 75.0 Å². The van der Waals surface area contributed by atoms with E-state index in [2.05, 4.69) is 58.7 Å². The maximum atomic E-state index is 13.7. The SMILES string of the molecule is C#Cc1cc(C(=O)Nc2cc(/C(C)=N/NC(=N)N)cc(/C(C)=N/NC(=N)N)c2)cc(C(=O)Nc2cc(/C(C)=N/NC(=N)N)cc(/C(C)=N/NC(=N)N)c2)c1. The Kier molecular flexibility index (Phi) is 13.6. The molecule has 0 saturated carbocycles. The van der Waals surface area contributed by atoms with E-state index in [-0.39, 0.29) is 40.5 Å². The Labute approximate surface area is 310 Å². The van der Waals surface area contributed by atoms with E-state index >= 15 is 0 Å². The zero-order valence-corrected chi connectivity index (χ0v) is 29.7. The predicted octanol–water partition coefficient (Wildman–Crippen LogP) is 1.00. The van der Waals surface area contributed by atoms with Crippen LogP contribution in [0.25, 0.3) is 0 Å². The number of nitrogens with zero attached hydrogens (tertiary/aromatic N) is 4. The van der Waals surface area contributed by atoms with E-state index in [0.29, 0.717) is 56.5 Å². The number of hydrazone groups is 4. The van der Waals surface area contributed by atoms with Gasteiger partial charge in [0.15, 0.2) is 0 Å². The number of carbonyl (C=O) groups excluding carboxylic acids is 2. The normalized spacial score (nSPS) is 11.8. The molecule has 278 valence electrons. The second kappa shape index (κ2) is 18.2. The van der Waals surface area contributed by atoms with Crippen molar-refractivity contribution in [1.82, 2.24) is 21.7 Å². The fourth-order valence-electron chi connectivity index (χ4n) is 4.45. The molecule has 0 bridgehead atoms. The van der Waals surface area contributed by atoms with Gasteiger partial charge in [-0.15, -0.1) is 6.42 Å². The molecule has 0 fully saturated rings. The molecule has 2 amide bonds. The summed E-state index contributed by atoms with van der Waals surface area (Å²) in [6.07, 6.45) is 5.72. The molecule has 0 aliphatic rings. The number of guanidine groups is 4. The first-order valence-corrected chi connectivity index (χ1v) is 15.6. The monoisotopic (exact) mass is 732 g/mol. The van der Waals surface area contributed by atoms with Crippen molar-refractivity contribution in [2.75, 3.05) is 10.6 Å². The number of nitrogens with one attached hydrogen (secondary N) is 10. The van der Waals surface area contributed by atoms with Crippen LogP contribution in [0.2, 0.25) is 0 Å². The summed E-state index contributed by atoms with van der Waals surface area (Å²) in [6, 6.07) is 14.2. The van der Waals surface area contributed by atoms with Crippen LogP contribution in [0, 0.1) is 34.0 Å². The van der Waals surface area contributed by atoms with Gasteiger partial charge in [0.1, 0.15) is 0 Å². The summed E-state index contributed by atoms with van der Waals surface area (Å²) in [6.45, 7) is 6.65. The molecule has 0 saturated heterocycles. The number of benzene rings is 3. The molecular formula is C34H40N18O2. The molecule has 0 unspecified atom stereocenters. The molecule has 20 nitrogen and oxygen atoms in total. The van der Waals surface area contributed by atoms with E-state index in [9.17, 15) is 9.59 Å². The lowest BCUT2D eigenvalue weighted by molar-refractivity contribution is 0.102. The van der Waals surface area contributed by atoms with Crippen molar-refractivity contribution in [3.63, 3.8) is 0 Å². The van der Waals surface area contributed by atoms with Gasteiger partial charge in [-0.1, -0.05) is 5.92 Å². The molecule has 0 aromatic heterocycles. The highest BCUT2D eigenvalue weighted by Gasteiger charge is 2.17. The van der Waals surface area contributed by atoms with Crippen LogP contribution in [-0.2, 0) is 0 Å². The molecule has 0 radical (unpaired) electrons. The first-order chi connectivity index (χ1) is 25.4. The predicted molar refractivity (Wildman–Crippen MR) is 212 cm³/mol. The Bertz CT molecular complexity index is 1950. The van der Waals surface area contributed by atoms with Crippen molar-refractivity contribution in [3.05, 3.63) is 93.5 Å². The largest absolute Gasteiger partial charge is 0.369 e. The van der Waals surface area contributed by atoms with Gasteiger partial charge in [0.2, 0.25) is 23.8 Å². The van der Waals surface area contributed by atoms with Crippen LogP contribution in [0.3, 0.4) is 0 Å². The summed E-state index contributed by atoms with van der Waals surface area (Å²) >= 11 is 0. The lowest BCUT2D eigenvalue weighted by Crippen LogP contribution is -2.27. The molecule has 3 aromatic rings. The molecule has 18 N–H and O–H groups in total. The van der Waals surface area contributed by atoms with Crippen molar-refractivity contribution in [2.24, 2.45) is 43.3 Å². The number of rotatable bonds is 12. The van der Waals surface area contributed by atoms with E-state index < -0.39 is 11.8 Å². The molecule has 0 atom stereocenters. The summed E-state index contributed by atoms with van der Waals surface area (Å²) < 4.78 is 0. The number of anilines is 2. The zero-order valence-electron chi connectivity index (χ0n) is 29.7. The summed E-state index contributed by atoms with van der Waals surface area (Å²) in [7, 11) is 0. The highest BCUT2D eigenvalue weighted by Crippen LogP contribution is 2.21. The standard InChI is InChI=1S/C34H40N18O2/c1-6-20-7-25(29(53)43-27-12-21(16(2)45-49-31(35)36)9-22(13-27)17(3)46-50-32(37)38)11-26(8-20)30(54)44-28-14-23(18(4)47-51-33(39)40)10-24(15-28)19(5)48-52-34(41)42/h1,7-15H,2-5H3,(H,43,53)(H,44,54)(H4,35,36,49)(H4,37,38,50)(H4,39,40,51)(H4,41,42,52)/b45-16+,46-17+,47-18+,48-19+. The molecule has 0 aliphatic carbocycles. The first-order valence-electron chi connectivity index (χ1n) is 15.6. The van der Waals surface area contributed by atoms with E-state index in [1.807, 2.05) is 0 Å². The molecule has 0 aliphatic heterocycles. The average molecular weight is 733 g/mol. The third-order valence-corrected chi connectivity index (χ3v) is 7.05. The lowest BCUT2D eigenvalue weighted by atomic mass is 10.0. The Morgan fingerprint density at radius 2 is 0.759 bits per heavy atom. The quantitative estimate of drug-likeness (QED) is 0.0542. The van der Waals surface area contributed by atoms with Gasteiger partial charge in [0.05, 0.1) is 22.8 Å². The van der Waals surface area contributed by atoms with E-state index in [1.54, 1.807) is 64.1 Å². The van der Waals surface area contributed by atoms with Gasteiger partial charge in [0.25, 0.3) is 11.8 Å². The van der Waals surface area contributed by atoms with E-state index in [0.717, 1.165) is 0 Å². The maximum absolute atomic E-state index is 13.7. The van der Waals surface area contributed by atoms with Crippen LogP contribution >= 0.6 is 0 Å². The van der Waals surface area contributed by atoms with Crippen molar-refractivity contribution < 1.29 is 9.59 Å². The minimum atomic E-state index is -0.601. The smallest absolute Gasteiger partial charge is 0.255 e. The summed E-state index contributed by atoms with van der Waals surface area (Å²) in [5.41, 5.74) is 35.8. The van der Waals surface area contributed by atoms with Gasteiger partial charge >= 0.3 is 0 Å². The molecule has 0 spiro atoms. The van der Waals surface area contributed by atoms with Crippen molar-refractivity contribution >= 4 is 69.9 Å². The van der Waals surface area contributed by atoms with Gasteiger partial charge < -0.3 is 33.6 Å². The second-order valence-electron chi connectivity index (χ2n) is 11.3. The van der Waals surface area contributed by atoms with Gasteiger partial charge in [-0.25, -0.2) is 21.7 Å². The fourth-order valence-corrected chi connectivity index (χ4v) is 4.45. The van der Waals surface area contributed by atoms with Gasteiger partial charge in [-0.05, 0) is 82.3 Å². The van der Waals surface area contributed by atoms with Crippen molar-refractivity contribution in [2.45, 2.75) is 27.7 Å². The number of hydrogen-bond donors (Lipinski definition) is 14. The highest BCUT2D eigenvalue weighted by molar-refractivity contribution is 6.12. The summed E-state index contributed by atoms with van der Waals surface area (Å²) in [5, 5.41) is 51.6. The summed E-state index contributed by atoms with van der Waals surface area (Å²) in [5.74, 6) is -0.226. The van der Waals surface area contributed by atoms with Crippen LogP contribution in [0.1, 0.15) is 76.2 Å². The number of nitrogens with two attached hydrogens (primary N) is 4. The Morgan fingerprint density at radius 1 is 0.500 bits per heavy atom. The highest BCUT2D eigenvalue weighted by atomic mass is 16.2. The first kappa shape index (κ1) is 40.4. The van der Waals surface area contributed by atoms with Crippen LogP contribution < -0.4 is 55.3 Å². The molecule has 3 rings (SSSR count). The third-order valence-electron chi connectivity index (χ3n) is 7.05. The Hall–Kier alpha value is -8.08. The second-order valence-corrected chi connectivity index (χ2v) is 11.3. The lowest BCUT2D eigenvalue weighted by Gasteiger charge is -2.14. The number of terminal acetylenes is 1. The van der Waals surface area contributed by atoms with Gasteiger partial charge in [0, 0.05) is 50.3 Å². The summed E-state index contributed by atoms with van der Waals surface area (Å²) in [4.78, 5) is 27.4. The Morgan fingerprint density at radius 3 is 1.00 bits per heavy atom. The van der Waals surface area contributed by atoms with E-state index in [4.69, 9.17) is 51.0 Å². The van der Waals surface area contributed by atoms with Crippen molar-refractivity contribution in [3.8, 4) is 12.3 Å². The van der Waals surface area contributed by atoms with Crippen LogP contribution in [-0.4, -0.2) is 58.5 Å².